The highest BCUT2D eigenvalue weighted by atomic mass is 15.5. The average molecular weight is 1660 g/mol. The number of nitrogens with zero attached hydrogens (tertiary/aromatic N) is 11. The summed E-state index contributed by atoms with van der Waals surface area (Å²) in [5.41, 5.74) is 16.1. The van der Waals surface area contributed by atoms with E-state index >= 15 is 0 Å². The van der Waals surface area contributed by atoms with Crippen molar-refractivity contribution in [3.63, 3.8) is 0 Å². The number of hydrogen-bond acceptors (Lipinski definition) is 5. The molecule has 0 aliphatic carbocycles. The van der Waals surface area contributed by atoms with Crippen LogP contribution in [0, 0.1) is 0 Å². The molecule has 0 amide bonds. The minimum Gasteiger partial charge on any atom is -0.309 e. The summed E-state index contributed by atoms with van der Waals surface area (Å²) < 4.78 is 13.5. The molecule has 0 atom stereocenters. The molecule has 0 aliphatic rings. The highest BCUT2D eigenvalue weighted by molar-refractivity contribution is 6.32. The minimum absolute atomic E-state index is 0.701. The van der Waals surface area contributed by atoms with E-state index in [-0.39, 0.29) is 0 Å². The molecule has 0 aliphatic heterocycles. The zero-order valence-corrected chi connectivity index (χ0v) is 70.2. The molecule has 0 unspecified atom stereocenters. The molecule has 0 saturated heterocycles. The van der Waals surface area contributed by atoms with Crippen molar-refractivity contribution in [2.24, 2.45) is 0 Å². The summed E-state index contributed by atoms with van der Waals surface area (Å²) in [4.78, 5) is 10.3. The van der Waals surface area contributed by atoms with E-state index in [1.807, 2.05) is 77.5 Å². The van der Waals surface area contributed by atoms with Crippen molar-refractivity contribution in [1.29, 1.82) is 0 Å². The topological polar surface area (TPSA) is 94.0 Å². The van der Waals surface area contributed by atoms with Crippen LogP contribution in [0.25, 0.3) is 242 Å². The molecular weight excluding hydrogens is 1580 g/mol. The fourth-order valence-electron chi connectivity index (χ4n) is 20.5. The number of fused-ring (bicyclic) bond motifs is 28. The summed E-state index contributed by atoms with van der Waals surface area (Å²) in [7, 11) is 0. The first-order valence-electron chi connectivity index (χ1n) is 44.1. The van der Waals surface area contributed by atoms with Crippen molar-refractivity contribution >= 4 is 173 Å². The molecule has 0 fully saturated rings. The predicted molar refractivity (Wildman–Crippen MR) is 541 cm³/mol. The Morgan fingerprint density at radius 1 is 0.162 bits per heavy atom. The van der Waals surface area contributed by atoms with Crippen LogP contribution >= 0.6 is 0 Å². The number of para-hydroxylation sites is 7. The van der Waals surface area contributed by atoms with Crippen LogP contribution in [0.4, 0.5) is 0 Å². The predicted octanol–water partition coefficient (Wildman–Crippen LogP) is 30.2. The highest BCUT2D eigenvalue weighted by Crippen LogP contribution is 2.47. The molecule has 11 heteroatoms. The Hall–Kier alpha value is -17.7. The van der Waals surface area contributed by atoms with E-state index in [4.69, 9.17) is 25.3 Å². The second-order valence-electron chi connectivity index (χ2n) is 33.4. The van der Waals surface area contributed by atoms with E-state index in [0.29, 0.717) is 5.82 Å². The van der Waals surface area contributed by atoms with Crippen molar-refractivity contribution in [2.45, 2.75) is 0 Å². The fraction of sp³-hybridized carbons (Fsp3) is 0. The Morgan fingerprint density at radius 2 is 0.462 bits per heavy atom. The Balaban J connectivity index is 0.000000103. The molecule has 11 nitrogen and oxygen atoms in total. The van der Waals surface area contributed by atoms with Gasteiger partial charge < -0.3 is 4.57 Å². The normalized spacial score (nSPS) is 11.8. The molecule has 28 aromatic rings. The smallest absolute Gasteiger partial charge is 0.220 e. The van der Waals surface area contributed by atoms with Crippen molar-refractivity contribution in [1.82, 2.24) is 53.0 Å². The lowest BCUT2D eigenvalue weighted by molar-refractivity contribution is 0.725. The molecular formula is C119H75N11. The Bertz CT molecular complexity index is 9360. The molecule has 0 bridgehead atoms. The summed E-state index contributed by atoms with van der Waals surface area (Å²) >= 11 is 0. The van der Waals surface area contributed by atoms with Gasteiger partial charge in [0.05, 0.1) is 49.8 Å². The summed E-state index contributed by atoms with van der Waals surface area (Å²) in [5.74, 6) is 3.98. The van der Waals surface area contributed by atoms with Gasteiger partial charge in [-0.2, -0.15) is 0 Å². The van der Waals surface area contributed by atoms with Gasteiger partial charge in [0.25, 0.3) is 0 Å². The third kappa shape index (κ3) is 11.7. The lowest BCUT2D eigenvalue weighted by Gasteiger charge is -2.16. The minimum atomic E-state index is 0.701. The van der Waals surface area contributed by atoms with Crippen LogP contribution in [0.15, 0.2) is 455 Å². The molecule has 130 heavy (non-hydrogen) atoms. The van der Waals surface area contributed by atoms with Gasteiger partial charge >= 0.3 is 0 Å². The number of imidazole rings is 1. The van der Waals surface area contributed by atoms with Crippen LogP contribution in [-0.2, 0) is 0 Å². The van der Waals surface area contributed by atoms with E-state index in [0.717, 1.165) is 95.8 Å². The number of aromatic nitrogens is 11. The van der Waals surface area contributed by atoms with Crippen LogP contribution in [0.5, 0.6) is 0 Å². The quantitative estimate of drug-likeness (QED) is 0.134. The second kappa shape index (κ2) is 30.1. The molecule has 0 spiro atoms. The van der Waals surface area contributed by atoms with Gasteiger partial charge in [-0.3, -0.25) is 9.13 Å². The van der Waals surface area contributed by atoms with Gasteiger partial charge in [0.15, 0.2) is 23.3 Å². The summed E-state index contributed by atoms with van der Waals surface area (Å²) in [6, 6.07) is 162. The van der Waals surface area contributed by atoms with Crippen LogP contribution in [0.1, 0.15) is 0 Å². The zero-order valence-electron chi connectivity index (χ0n) is 70.2. The fourth-order valence-corrected chi connectivity index (χ4v) is 20.5. The molecule has 6 heterocycles. The monoisotopic (exact) mass is 1660 g/mol. The van der Waals surface area contributed by atoms with Gasteiger partial charge in [-0.05, 0) is 212 Å². The molecule has 0 saturated carbocycles. The standard InChI is InChI=1S/C44H28N4.C38H24N4.C37H23N3/c1-3-13-29(14-4-1)43-45-44(48(46-43)32-15-5-2-6-16-32)30-23-25-31(26-24-30)47-41-22-12-11-21-37(41)40-27-38-35-19-9-7-17-33(35)34-18-8-10-20-36(34)39(38)28-42(40)47;1-3-13-25(14-4-1)37-39-40-38(26-15-5-2-6-16-26)42(37)41-35-22-12-11-21-31(35)34-23-32-29-19-9-7-17-27(29)28-18-8-10-20-30(28)33(32)24-36(34)41;1-2-12-24(13-3-1)39-35-21-11-9-19-33(35)38-37(39)40-34-20-10-8-18-29(34)32-22-30-27-16-6-4-14-25(27)26-15-5-7-17-28(26)31(30)23-36(32)40/h1-28H;1-24H;1-23H. The summed E-state index contributed by atoms with van der Waals surface area (Å²) in [6.45, 7) is 0. The summed E-state index contributed by atoms with van der Waals surface area (Å²) in [5, 5.41) is 44.7. The van der Waals surface area contributed by atoms with Gasteiger partial charge in [0.2, 0.25) is 5.95 Å². The number of benzene rings is 22. The van der Waals surface area contributed by atoms with Crippen LogP contribution in [0.2, 0.25) is 0 Å². The number of rotatable bonds is 9. The van der Waals surface area contributed by atoms with E-state index in [1.54, 1.807) is 0 Å². The van der Waals surface area contributed by atoms with Crippen LogP contribution in [-0.4, -0.2) is 53.0 Å². The van der Waals surface area contributed by atoms with E-state index < -0.39 is 0 Å². The maximum atomic E-state index is 5.25. The van der Waals surface area contributed by atoms with E-state index in [9.17, 15) is 0 Å². The van der Waals surface area contributed by atoms with E-state index in [1.165, 1.54) is 140 Å². The van der Waals surface area contributed by atoms with Crippen molar-refractivity contribution in [3.05, 3.63) is 455 Å². The maximum absolute atomic E-state index is 5.25. The Morgan fingerprint density at radius 3 is 0.900 bits per heavy atom. The van der Waals surface area contributed by atoms with Crippen molar-refractivity contribution in [2.75, 3.05) is 0 Å². The Labute approximate surface area is 744 Å². The number of hydrogen-bond donors (Lipinski definition) is 0. The largest absolute Gasteiger partial charge is 0.309 e. The van der Waals surface area contributed by atoms with Crippen molar-refractivity contribution in [3.8, 4) is 68.6 Å². The third-order valence-corrected chi connectivity index (χ3v) is 26.3. The first-order valence-corrected chi connectivity index (χ1v) is 44.1. The van der Waals surface area contributed by atoms with Gasteiger partial charge in [-0.1, -0.05) is 340 Å². The average Bonchev–Trinajstić information content (AvgIpc) is 1.43. The molecule has 22 aromatic carbocycles. The van der Waals surface area contributed by atoms with Crippen molar-refractivity contribution < 1.29 is 0 Å². The van der Waals surface area contributed by atoms with Gasteiger partial charge in [0.1, 0.15) is 0 Å². The zero-order chi connectivity index (χ0) is 85.4. The van der Waals surface area contributed by atoms with Gasteiger partial charge in [-0.25, -0.2) is 24.0 Å². The third-order valence-electron chi connectivity index (χ3n) is 26.3. The second-order valence-corrected chi connectivity index (χ2v) is 33.4. The van der Waals surface area contributed by atoms with Crippen LogP contribution < -0.4 is 0 Å². The van der Waals surface area contributed by atoms with Crippen LogP contribution in [0.3, 0.4) is 0 Å². The lowest BCUT2D eigenvalue weighted by atomic mass is 9.93. The molecule has 6 aromatic heterocycles. The highest BCUT2D eigenvalue weighted by Gasteiger charge is 2.27. The molecule has 0 N–H and O–H groups in total. The SMILES string of the molecule is c1ccc(-c2nc(-c3ccc(-n4c5ccccc5c5cc6c7ccccc7c7ccccc7c6cc54)cc3)n(-c3ccccc3)n2)cc1.c1ccc(-c2nnc(-c3ccccc3)n2-n2c3ccccc3c3cc4c5ccccc5c5ccccc5c4cc32)cc1.c1ccc(-n2c(-n3c4ccccc4c4cc5c6ccccc6c6ccccc6c5cc43)nc3ccccc32)cc1. The molecule has 606 valence electrons. The first kappa shape index (κ1) is 73.8. The lowest BCUT2D eigenvalue weighted by Crippen LogP contribution is -2.12. The molecule has 0 radical (unpaired) electrons. The van der Waals surface area contributed by atoms with Gasteiger partial charge in [-0.15, -0.1) is 15.3 Å². The Kier molecular flexibility index (Phi) is 17.1. The maximum Gasteiger partial charge on any atom is 0.220 e. The summed E-state index contributed by atoms with van der Waals surface area (Å²) in [6.07, 6.45) is 0. The van der Waals surface area contributed by atoms with E-state index in [2.05, 4.69) is 405 Å². The first-order chi connectivity index (χ1) is 64.5. The van der Waals surface area contributed by atoms with Gasteiger partial charge in [0, 0.05) is 65.9 Å². The molecule has 28 rings (SSSR count).